The van der Waals surface area contributed by atoms with Crippen LogP contribution >= 0.6 is 0 Å². The van der Waals surface area contributed by atoms with Gasteiger partial charge in [-0.05, 0) is 12.1 Å². The fraction of sp³-hybridized carbons (Fsp3) is 0.273. The molecule has 1 amide bonds. The Hall–Kier alpha value is -2.09. The second-order valence-corrected chi connectivity index (χ2v) is 5.72. The molecule has 8 heteroatoms. The summed E-state index contributed by atoms with van der Waals surface area (Å²) in [5.41, 5.74) is 0.212. The molecule has 0 radical (unpaired) electrons. The Balaban J connectivity index is 3.06. The van der Waals surface area contributed by atoms with Gasteiger partial charge < -0.3 is 10.0 Å². The predicted octanol–water partition coefficient (Wildman–Crippen LogP) is 0.215. The highest BCUT2D eigenvalue weighted by Gasteiger charge is 2.18. The van der Waals surface area contributed by atoms with E-state index in [1.807, 2.05) is 0 Å². The fourth-order valence-electron chi connectivity index (χ4n) is 1.44. The van der Waals surface area contributed by atoms with E-state index in [4.69, 9.17) is 5.11 Å². The van der Waals surface area contributed by atoms with Crippen LogP contribution in [0.2, 0.25) is 0 Å². The summed E-state index contributed by atoms with van der Waals surface area (Å²) in [4.78, 5) is 23.6. The molecule has 104 valence electrons. The summed E-state index contributed by atoms with van der Waals surface area (Å²) in [6.45, 7) is -0.466. The van der Waals surface area contributed by atoms with Gasteiger partial charge in [0.25, 0.3) is 5.91 Å². The molecule has 0 unspecified atom stereocenters. The number of nitrogens with zero attached hydrogens (tertiary/aromatic N) is 1. The summed E-state index contributed by atoms with van der Waals surface area (Å²) in [5, 5.41) is 8.63. The van der Waals surface area contributed by atoms with Gasteiger partial charge in [0, 0.05) is 7.05 Å². The second-order valence-electron chi connectivity index (χ2n) is 3.97. The van der Waals surface area contributed by atoms with Crippen LogP contribution in [0, 0.1) is 0 Å². The van der Waals surface area contributed by atoms with Crippen LogP contribution in [0.4, 0.5) is 5.69 Å². The molecule has 0 spiro atoms. The molecule has 0 saturated heterocycles. The van der Waals surface area contributed by atoms with E-state index in [1.54, 1.807) is 12.1 Å². The predicted molar refractivity (Wildman–Crippen MR) is 69.5 cm³/mol. The second kappa shape index (κ2) is 5.70. The van der Waals surface area contributed by atoms with Crippen LogP contribution in [0.3, 0.4) is 0 Å². The summed E-state index contributed by atoms with van der Waals surface area (Å²) in [6.07, 6.45) is 0.967. The molecule has 0 bridgehead atoms. The first-order valence-corrected chi connectivity index (χ1v) is 7.14. The van der Waals surface area contributed by atoms with Crippen LogP contribution in [-0.4, -0.2) is 50.1 Å². The van der Waals surface area contributed by atoms with Gasteiger partial charge in [-0.1, -0.05) is 12.1 Å². The van der Waals surface area contributed by atoms with Gasteiger partial charge in [-0.3, -0.25) is 14.3 Å². The number of hydrogen-bond acceptors (Lipinski definition) is 4. The van der Waals surface area contributed by atoms with Gasteiger partial charge in [-0.15, -0.1) is 0 Å². The van der Waals surface area contributed by atoms with Crippen molar-refractivity contribution in [3.8, 4) is 0 Å². The summed E-state index contributed by atoms with van der Waals surface area (Å²) in [6, 6.07) is 5.99. The summed E-state index contributed by atoms with van der Waals surface area (Å²) >= 11 is 0. The Kier molecular flexibility index (Phi) is 4.49. The summed E-state index contributed by atoms with van der Waals surface area (Å²) < 4.78 is 24.6. The smallest absolute Gasteiger partial charge is 0.323 e. The SMILES string of the molecule is CN(CC(=O)O)C(=O)c1ccccc1NS(C)(=O)=O. The number of nitrogens with one attached hydrogen (secondary N) is 1. The highest BCUT2D eigenvalue weighted by molar-refractivity contribution is 7.92. The number of carboxylic acids is 1. The maximum absolute atomic E-state index is 12.0. The molecule has 0 heterocycles. The van der Waals surface area contributed by atoms with Crippen LogP contribution in [0.25, 0.3) is 0 Å². The van der Waals surface area contributed by atoms with Gasteiger partial charge >= 0.3 is 5.97 Å². The molecule has 2 N–H and O–H groups in total. The lowest BCUT2D eigenvalue weighted by Crippen LogP contribution is -2.32. The standard InChI is InChI=1S/C11H14N2O5S/c1-13(7-10(14)15)11(16)8-5-3-4-6-9(8)12-19(2,17)18/h3-6,12H,7H2,1-2H3,(H,14,15). The molecular weight excluding hydrogens is 272 g/mol. The number of benzene rings is 1. The molecule has 1 aromatic carbocycles. The van der Waals surface area contributed by atoms with Gasteiger partial charge in [-0.25, -0.2) is 8.42 Å². The van der Waals surface area contributed by atoms with Crippen molar-refractivity contribution in [3.63, 3.8) is 0 Å². The zero-order valence-electron chi connectivity index (χ0n) is 10.5. The minimum atomic E-state index is -3.52. The van der Waals surface area contributed by atoms with Crippen molar-refractivity contribution in [2.75, 3.05) is 24.6 Å². The van der Waals surface area contributed by atoms with E-state index >= 15 is 0 Å². The van der Waals surface area contributed by atoms with E-state index in [-0.39, 0.29) is 11.3 Å². The molecule has 0 atom stereocenters. The molecule has 0 saturated carbocycles. The number of aliphatic carboxylic acids is 1. The van der Waals surface area contributed by atoms with Crippen molar-refractivity contribution in [2.45, 2.75) is 0 Å². The van der Waals surface area contributed by atoms with Crippen molar-refractivity contribution in [3.05, 3.63) is 29.8 Å². The zero-order chi connectivity index (χ0) is 14.6. The first-order chi connectivity index (χ1) is 8.70. The number of likely N-dealkylation sites (N-methyl/N-ethyl adjacent to an activating group) is 1. The van der Waals surface area contributed by atoms with Crippen molar-refractivity contribution >= 4 is 27.6 Å². The lowest BCUT2D eigenvalue weighted by molar-refractivity contribution is -0.137. The van der Waals surface area contributed by atoms with Crippen molar-refractivity contribution in [2.24, 2.45) is 0 Å². The van der Waals surface area contributed by atoms with Gasteiger partial charge in [0.2, 0.25) is 10.0 Å². The number of hydrogen-bond donors (Lipinski definition) is 2. The third-order valence-electron chi connectivity index (χ3n) is 2.17. The highest BCUT2D eigenvalue weighted by Crippen LogP contribution is 2.17. The maximum Gasteiger partial charge on any atom is 0.323 e. The van der Waals surface area contributed by atoms with E-state index in [0.717, 1.165) is 11.2 Å². The molecular formula is C11H14N2O5S. The van der Waals surface area contributed by atoms with Gasteiger partial charge in [-0.2, -0.15) is 0 Å². The zero-order valence-corrected chi connectivity index (χ0v) is 11.3. The molecule has 1 aromatic rings. The van der Waals surface area contributed by atoms with Crippen LogP contribution in [0.1, 0.15) is 10.4 Å². The molecule has 0 aliphatic rings. The molecule has 1 rings (SSSR count). The monoisotopic (exact) mass is 286 g/mol. The third kappa shape index (κ3) is 4.59. The number of sulfonamides is 1. The third-order valence-corrected chi connectivity index (χ3v) is 2.76. The van der Waals surface area contributed by atoms with Crippen molar-refractivity contribution in [1.29, 1.82) is 0 Å². The van der Waals surface area contributed by atoms with E-state index < -0.39 is 28.4 Å². The van der Waals surface area contributed by atoms with Crippen LogP contribution in [0.5, 0.6) is 0 Å². The van der Waals surface area contributed by atoms with E-state index in [1.165, 1.54) is 19.2 Å². The molecule has 0 aromatic heterocycles. The molecule has 0 aliphatic carbocycles. The van der Waals surface area contributed by atoms with E-state index in [9.17, 15) is 18.0 Å². The molecule has 7 nitrogen and oxygen atoms in total. The van der Waals surface area contributed by atoms with E-state index in [0.29, 0.717) is 0 Å². The van der Waals surface area contributed by atoms with Crippen LogP contribution < -0.4 is 4.72 Å². The first-order valence-electron chi connectivity index (χ1n) is 5.25. The summed E-state index contributed by atoms with van der Waals surface area (Å²) in [7, 11) is -2.19. The average Bonchev–Trinajstić information content (AvgIpc) is 2.25. The number of carboxylic acid groups (broad SMARTS) is 1. The van der Waals surface area contributed by atoms with Gasteiger partial charge in [0.15, 0.2) is 0 Å². The Morgan fingerprint density at radius 3 is 2.42 bits per heavy atom. The number of carbonyl (C=O) groups excluding carboxylic acids is 1. The quantitative estimate of drug-likeness (QED) is 0.805. The summed E-state index contributed by atoms with van der Waals surface area (Å²) in [5.74, 6) is -1.72. The fourth-order valence-corrected chi connectivity index (χ4v) is 2.02. The molecule has 0 fully saturated rings. The van der Waals surface area contributed by atoms with Crippen molar-refractivity contribution in [1.82, 2.24) is 4.90 Å². The van der Waals surface area contributed by atoms with Crippen LogP contribution in [0.15, 0.2) is 24.3 Å². The Morgan fingerprint density at radius 1 is 1.32 bits per heavy atom. The number of para-hydroxylation sites is 1. The van der Waals surface area contributed by atoms with Gasteiger partial charge in [0.05, 0.1) is 17.5 Å². The lowest BCUT2D eigenvalue weighted by atomic mass is 10.1. The maximum atomic E-state index is 12.0. The Morgan fingerprint density at radius 2 is 1.89 bits per heavy atom. The Bertz CT molecular complexity index is 597. The minimum Gasteiger partial charge on any atom is -0.480 e. The number of rotatable bonds is 5. The van der Waals surface area contributed by atoms with E-state index in [2.05, 4.69) is 4.72 Å². The highest BCUT2D eigenvalue weighted by atomic mass is 32.2. The topological polar surface area (TPSA) is 104 Å². The number of anilines is 1. The molecule has 19 heavy (non-hydrogen) atoms. The molecule has 0 aliphatic heterocycles. The lowest BCUT2D eigenvalue weighted by Gasteiger charge is -2.17. The Labute approximate surface area is 110 Å². The largest absolute Gasteiger partial charge is 0.480 e. The average molecular weight is 286 g/mol. The number of carbonyl (C=O) groups is 2. The normalized spacial score (nSPS) is 10.8. The minimum absolute atomic E-state index is 0.0941. The van der Waals surface area contributed by atoms with Crippen molar-refractivity contribution < 1.29 is 23.1 Å². The van der Waals surface area contributed by atoms with Gasteiger partial charge in [0.1, 0.15) is 6.54 Å². The number of amides is 1. The first kappa shape index (κ1) is 15.0. The van der Waals surface area contributed by atoms with Crippen LogP contribution in [-0.2, 0) is 14.8 Å².